The van der Waals surface area contributed by atoms with Gasteiger partial charge in [-0.2, -0.15) is 5.26 Å². The second-order valence-corrected chi connectivity index (χ2v) is 5.28. The highest BCUT2D eigenvalue weighted by molar-refractivity contribution is 5.83. The van der Waals surface area contributed by atoms with Gasteiger partial charge in [-0.15, -0.1) is 0 Å². The number of benzene rings is 1. The van der Waals surface area contributed by atoms with E-state index in [4.69, 9.17) is 5.26 Å². The lowest BCUT2D eigenvalue weighted by Gasteiger charge is -2.02. The lowest BCUT2D eigenvalue weighted by atomic mass is 10.2. The molecule has 98 valence electrons. The summed E-state index contributed by atoms with van der Waals surface area (Å²) in [6.45, 7) is 1.88. The number of nitrogens with one attached hydrogen (secondary N) is 1. The minimum absolute atomic E-state index is 0.627. The van der Waals surface area contributed by atoms with Crippen LogP contribution in [0.15, 0.2) is 30.5 Å². The molecule has 3 nitrogen and oxygen atoms in total. The molecular weight excluding hydrogens is 234 g/mol. The van der Waals surface area contributed by atoms with Crippen molar-refractivity contribution in [1.29, 1.82) is 5.26 Å². The number of aromatic nitrogens is 1. The molecule has 0 radical (unpaired) electrons. The van der Waals surface area contributed by atoms with Gasteiger partial charge in [0.05, 0.1) is 6.07 Å². The van der Waals surface area contributed by atoms with E-state index >= 15 is 0 Å². The summed E-state index contributed by atoms with van der Waals surface area (Å²) in [5.74, 6) is 0. The molecule has 1 aliphatic rings. The van der Waals surface area contributed by atoms with Crippen molar-refractivity contribution in [3.05, 3.63) is 36.0 Å². The average molecular weight is 253 g/mol. The second kappa shape index (κ2) is 5.46. The standard InChI is InChI=1S/C16H19N3/c17-9-3-4-10-19-12-13(11-18-14-7-8-14)15-5-1-2-6-16(15)19/h1-2,5-6,12,14,18H,3-4,7-8,10-11H2. The van der Waals surface area contributed by atoms with Crippen LogP contribution in [0.5, 0.6) is 0 Å². The molecule has 0 bridgehead atoms. The highest BCUT2D eigenvalue weighted by atomic mass is 15.0. The first-order valence-corrected chi connectivity index (χ1v) is 7.05. The lowest BCUT2D eigenvalue weighted by Crippen LogP contribution is -2.14. The Labute approximate surface area is 113 Å². The Bertz CT molecular complexity index is 602. The predicted molar refractivity (Wildman–Crippen MR) is 76.6 cm³/mol. The third-order valence-corrected chi connectivity index (χ3v) is 3.72. The smallest absolute Gasteiger partial charge is 0.0622 e. The van der Waals surface area contributed by atoms with E-state index in [-0.39, 0.29) is 0 Å². The van der Waals surface area contributed by atoms with Crippen molar-refractivity contribution in [3.63, 3.8) is 0 Å². The van der Waals surface area contributed by atoms with Gasteiger partial charge in [0.1, 0.15) is 0 Å². The van der Waals surface area contributed by atoms with Crippen LogP contribution in [0.1, 0.15) is 31.2 Å². The first-order chi connectivity index (χ1) is 9.38. The predicted octanol–water partition coefficient (Wildman–Crippen LogP) is 3.20. The Hall–Kier alpha value is -1.79. The van der Waals surface area contributed by atoms with E-state index in [1.165, 1.54) is 29.3 Å². The molecule has 2 aromatic rings. The Morgan fingerprint density at radius 1 is 1.32 bits per heavy atom. The van der Waals surface area contributed by atoms with Gasteiger partial charge in [-0.05, 0) is 30.9 Å². The van der Waals surface area contributed by atoms with Crippen LogP contribution < -0.4 is 5.32 Å². The van der Waals surface area contributed by atoms with Crippen molar-refractivity contribution < 1.29 is 0 Å². The minimum Gasteiger partial charge on any atom is -0.347 e. The number of fused-ring (bicyclic) bond motifs is 1. The zero-order chi connectivity index (χ0) is 13.1. The Balaban J connectivity index is 1.82. The molecule has 3 rings (SSSR count). The molecule has 1 heterocycles. The summed E-state index contributed by atoms with van der Waals surface area (Å²) in [6.07, 6.45) is 6.44. The number of nitrogens with zero attached hydrogens (tertiary/aromatic N) is 2. The summed E-state index contributed by atoms with van der Waals surface area (Å²) < 4.78 is 2.29. The molecule has 0 unspecified atom stereocenters. The van der Waals surface area contributed by atoms with Crippen LogP contribution in [-0.4, -0.2) is 10.6 Å². The van der Waals surface area contributed by atoms with Crippen LogP contribution in [-0.2, 0) is 13.1 Å². The fraction of sp³-hybridized carbons (Fsp3) is 0.438. The van der Waals surface area contributed by atoms with E-state index in [1.807, 2.05) is 0 Å². The SMILES string of the molecule is N#CCCCn1cc(CNC2CC2)c2ccccc21. The molecule has 1 N–H and O–H groups in total. The first-order valence-electron chi connectivity index (χ1n) is 7.05. The fourth-order valence-electron chi connectivity index (χ4n) is 2.52. The van der Waals surface area contributed by atoms with Gasteiger partial charge < -0.3 is 9.88 Å². The van der Waals surface area contributed by atoms with Crippen molar-refractivity contribution in [2.45, 2.75) is 44.8 Å². The van der Waals surface area contributed by atoms with Gasteiger partial charge >= 0.3 is 0 Å². The maximum atomic E-state index is 8.65. The first kappa shape index (κ1) is 12.3. The number of aryl methyl sites for hydroxylation is 1. The van der Waals surface area contributed by atoms with Crippen molar-refractivity contribution in [3.8, 4) is 6.07 Å². The third-order valence-electron chi connectivity index (χ3n) is 3.72. The Morgan fingerprint density at radius 3 is 2.95 bits per heavy atom. The highest BCUT2D eigenvalue weighted by Crippen LogP contribution is 2.24. The molecule has 1 aliphatic carbocycles. The number of nitriles is 1. The van der Waals surface area contributed by atoms with Crippen molar-refractivity contribution >= 4 is 10.9 Å². The molecule has 0 spiro atoms. The van der Waals surface area contributed by atoms with Crippen LogP contribution in [0, 0.1) is 11.3 Å². The van der Waals surface area contributed by atoms with Crippen molar-refractivity contribution in [2.75, 3.05) is 0 Å². The summed E-state index contributed by atoms with van der Waals surface area (Å²) in [7, 11) is 0. The molecule has 1 aromatic heterocycles. The van der Waals surface area contributed by atoms with E-state index in [1.54, 1.807) is 0 Å². The molecule has 1 saturated carbocycles. The van der Waals surface area contributed by atoms with Crippen LogP contribution in [0.3, 0.4) is 0 Å². The molecule has 0 aliphatic heterocycles. The fourth-order valence-corrected chi connectivity index (χ4v) is 2.52. The van der Waals surface area contributed by atoms with E-state index in [9.17, 15) is 0 Å². The molecule has 1 aromatic carbocycles. The average Bonchev–Trinajstić information content (AvgIpc) is 3.20. The molecule has 0 atom stereocenters. The van der Waals surface area contributed by atoms with Crippen LogP contribution in [0.4, 0.5) is 0 Å². The van der Waals surface area contributed by atoms with Gasteiger partial charge in [-0.25, -0.2) is 0 Å². The van der Waals surface area contributed by atoms with Gasteiger partial charge in [0.25, 0.3) is 0 Å². The summed E-state index contributed by atoms with van der Waals surface area (Å²) in [5, 5.41) is 13.6. The molecular formula is C16H19N3. The molecule has 0 amide bonds. The normalized spacial score (nSPS) is 14.7. The summed E-state index contributed by atoms with van der Waals surface area (Å²) in [6, 6.07) is 11.5. The molecule has 0 saturated heterocycles. The van der Waals surface area contributed by atoms with Crippen LogP contribution in [0.25, 0.3) is 10.9 Å². The van der Waals surface area contributed by atoms with Crippen molar-refractivity contribution in [1.82, 2.24) is 9.88 Å². The monoisotopic (exact) mass is 253 g/mol. The third kappa shape index (κ3) is 2.80. The molecule has 3 heteroatoms. The molecule has 19 heavy (non-hydrogen) atoms. The van der Waals surface area contributed by atoms with Crippen LogP contribution in [0.2, 0.25) is 0 Å². The van der Waals surface area contributed by atoms with E-state index < -0.39 is 0 Å². The van der Waals surface area contributed by atoms with E-state index in [2.05, 4.69) is 46.4 Å². The Kier molecular flexibility index (Phi) is 3.52. The minimum atomic E-state index is 0.627. The Morgan fingerprint density at radius 2 is 2.16 bits per heavy atom. The zero-order valence-corrected chi connectivity index (χ0v) is 11.1. The summed E-state index contributed by atoms with van der Waals surface area (Å²) >= 11 is 0. The quantitative estimate of drug-likeness (QED) is 0.803. The maximum absolute atomic E-state index is 8.65. The van der Waals surface area contributed by atoms with Gasteiger partial charge in [-0.3, -0.25) is 0 Å². The van der Waals surface area contributed by atoms with Crippen LogP contribution >= 0.6 is 0 Å². The molecule has 1 fully saturated rings. The number of rotatable bonds is 6. The van der Waals surface area contributed by atoms with Gasteiger partial charge in [0, 0.05) is 42.7 Å². The van der Waals surface area contributed by atoms with Gasteiger partial charge in [0.15, 0.2) is 0 Å². The van der Waals surface area contributed by atoms with Crippen molar-refractivity contribution in [2.24, 2.45) is 0 Å². The largest absolute Gasteiger partial charge is 0.347 e. The number of unbranched alkanes of at least 4 members (excludes halogenated alkanes) is 1. The summed E-state index contributed by atoms with van der Waals surface area (Å²) in [5.41, 5.74) is 2.66. The lowest BCUT2D eigenvalue weighted by molar-refractivity contribution is 0.660. The zero-order valence-electron chi connectivity index (χ0n) is 11.1. The highest BCUT2D eigenvalue weighted by Gasteiger charge is 2.20. The van der Waals surface area contributed by atoms with E-state index in [0.717, 1.165) is 25.6 Å². The topological polar surface area (TPSA) is 40.8 Å². The van der Waals surface area contributed by atoms with Gasteiger partial charge in [-0.1, -0.05) is 18.2 Å². The number of para-hydroxylation sites is 1. The van der Waals surface area contributed by atoms with Gasteiger partial charge in [0.2, 0.25) is 0 Å². The second-order valence-electron chi connectivity index (χ2n) is 5.28. The van der Waals surface area contributed by atoms with E-state index in [0.29, 0.717) is 6.42 Å². The number of hydrogen-bond donors (Lipinski definition) is 1. The maximum Gasteiger partial charge on any atom is 0.0622 e. The summed E-state index contributed by atoms with van der Waals surface area (Å²) in [4.78, 5) is 0. The number of hydrogen-bond acceptors (Lipinski definition) is 2.